The third kappa shape index (κ3) is 3.88. The van der Waals surface area contributed by atoms with E-state index in [0.29, 0.717) is 6.42 Å². The van der Waals surface area contributed by atoms with Crippen LogP contribution in [0.4, 0.5) is 5.69 Å². The first kappa shape index (κ1) is 16.3. The Morgan fingerprint density at radius 1 is 1.60 bits per heavy atom. The molecule has 0 fully saturated rings. The fraction of sp³-hybridized carbons (Fsp3) is 0.500. The number of hydrogen-bond donors (Lipinski definition) is 2. The monoisotopic (exact) mass is 301 g/mol. The Morgan fingerprint density at radius 3 is 2.75 bits per heavy atom. The number of pyridine rings is 1. The van der Waals surface area contributed by atoms with Crippen LogP contribution >= 0.6 is 11.6 Å². The molecule has 7 nitrogen and oxygen atoms in total. The molecule has 0 aliphatic heterocycles. The van der Waals surface area contributed by atoms with Gasteiger partial charge in [-0.15, -0.1) is 0 Å². The van der Waals surface area contributed by atoms with Crippen molar-refractivity contribution in [2.45, 2.75) is 26.3 Å². The highest BCUT2D eigenvalue weighted by Crippen LogP contribution is 2.26. The summed E-state index contributed by atoms with van der Waals surface area (Å²) in [4.78, 5) is 25.9. The van der Waals surface area contributed by atoms with E-state index < -0.39 is 16.5 Å². The summed E-state index contributed by atoms with van der Waals surface area (Å²) < 4.78 is 0. The van der Waals surface area contributed by atoms with E-state index in [9.17, 15) is 14.9 Å². The predicted molar refractivity (Wildman–Crippen MR) is 73.7 cm³/mol. The number of carbonyl (C=O) groups is 1. The predicted octanol–water partition coefficient (Wildman–Crippen LogP) is 1.78. The summed E-state index contributed by atoms with van der Waals surface area (Å²) in [5, 5.41) is 22.3. The maximum absolute atomic E-state index is 12.1. The van der Waals surface area contributed by atoms with Crippen molar-refractivity contribution in [3.05, 3.63) is 33.1 Å². The molecule has 2 N–H and O–H groups in total. The number of halogens is 1. The number of nitro groups is 1. The lowest BCUT2D eigenvalue weighted by Gasteiger charge is -2.21. The van der Waals surface area contributed by atoms with Gasteiger partial charge in [0.1, 0.15) is 5.56 Å². The van der Waals surface area contributed by atoms with E-state index in [4.69, 9.17) is 16.7 Å². The van der Waals surface area contributed by atoms with Crippen LogP contribution in [-0.2, 0) is 0 Å². The van der Waals surface area contributed by atoms with Crippen molar-refractivity contribution in [1.29, 1.82) is 0 Å². The molecule has 1 aromatic rings. The van der Waals surface area contributed by atoms with Crippen LogP contribution in [0.2, 0.25) is 5.15 Å². The lowest BCUT2D eigenvalue weighted by Crippen LogP contribution is -2.39. The van der Waals surface area contributed by atoms with Crippen LogP contribution in [0, 0.1) is 16.0 Å². The van der Waals surface area contributed by atoms with Crippen molar-refractivity contribution in [3.8, 4) is 0 Å². The van der Waals surface area contributed by atoms with Crippen LogP contribution in [0.1, 0.15) is 30.6 Å². The minimum atomic E-state index is -0.735. The zero-order valence-electron chi connectivity index (χ0n) is 11.2. The Balaban J connectivity index is 3.03. The Bertz CT molecular complexity index is 507. The summed E-state index contributed by atoms with van der Waals surface area (Å²) in [5.41, 5.74) is -0.656. The zero-order chi connectivity index (χ0) is 15.3. The normalized spacial score (nSPS) is 12.2. The molecule has 0 aliphatic carbocycles. The minimum Gasteiger partial charge on any atom is -0.396 e. The molecule has 0 saturated heterocycles. The summed E-state index contributed by atoms with van der Waals surface area (Å²) in [6.07, 6.45) is 1.61. The van der Waals surface area contributed by atoms with Gasteiger partial charge in [-0.3, -0.25) is 14.9 Å². The first-order valence-electron chi connectivity index (χ1n) is 6.09. The number of aliphatic hydroxyl groups is 1. The first-order chi connectivity index (χ1) is 9.38. The van der Waals surface area contributed by atoms with Gasteiger partial charge in [-0.25, -0.2) is 4.98 Å². The van der Waals surface area contributed by atoms with Crippen molar-refractivity contribution in [1.82, 2.24) is 10.3 Å². The number of hydrogen-bond acceptors (Lipinski definition) is 5. The van der Waals surface area contributed by atoms with E-state index in [-0.39, 0.29) is 29.3 Å². The van der Waals surface area contributed by atoms with Gasteiger partial charge in [0, 0.05) is 18.8 Å². The number of amides is 1. The van der Waals surface area contributed by atoms with Crippen LogP contribution in [-0.4, -0.2) is 33.6 Å². The van der Waals surface area contributed by atoms with Crippen molar-refractivity contribution < 1.29 is 14.8 Å². The summed E-state index contributed by atoms with van der Waals surface area (Å²) in [6.45, 7) is 3.69. The third-order valence-corrected chi connectivity index (χ3v) is 3.14. The number of nitrogens with one attached hydrogen (secondary N) is 1. The van der Waals surface area contributed by atoms with Crippen molar-refractivity contribution >= 4 is 23.2 Å². The Labute approximate surface area is 121 Å². The van der Waals surface area contributed by atoms with Gasteiger partial charge >= 0.3 is 5.69 Å². The maximum atomic E-state index is 12.1. The highest BCUT2D eigenvalue weighted by atomic mass is 35.5. The molecule has 1 rings (SSSR count). The van der Waals surface area contributed by atoms with Crippen LogP contribution in [0.15, 0.2) is 12.3 Å². The molecule has 0 aromatic carbocycles. The van der Waals surface area contributed by atoms with Gasteiger partial charge in [-0.2, -0.15) is 0 Å². The van der Waals surface area contributed by atoms with E-state index in [1.807, 2.05) is 13.8 Å². The summed E-state index contributed by atoms with van der Waals surface area (Å²) >= 11 is 5.66. The zero-order valence-corrected chi connectivity index (χ0v) is 11.9. The molecule has 1 aromatic heterocycles. The van der Waals surface area contributed by atoms with Crippen molar-refractivity contribution in [3.63, 3.8) is 0 Å². The van der Waals surface area contributed by atoms with Crippen LogP contribution in [0.25, 0.3) is 0 Å². The molecule has 0 spiro atoms. The maximum Gasteiger partial charge on any atom is 0.319 e. The number of nitrogens with zero attached hydrogens (tertiary/aromatic N) is 2. The molecule has 0 bridgehead atoms. The van der Waals surface area contributed by atoms with Gasteiger partial charge in [0.15, 0.2) is 0 Å². The van der Waals surface area contributed by atoms with Gasteiger partial charge in [-0.05, 0) is 18.4 Å². The second kappa shape index (κ2) is 7.16. The molecule has 1 unspecified atom stereocenters. The minimum absolute atomic E-state index is 0.0810. The molecule has 1 atom stereocenters. The molecular formula is C12H16ClN3O4. The number of rotatable bonds is 6. The van der Waals surface area contributed by atoms with Gasteiger partial charge < -0.3 is 10.4 Å². The number of aromatic nitrogens is 1. The highest BCUT2D eigenvalue weighted by molar-refractivity contribution is 6.32. The van der Waals surface area contributed by atoms with Gasteiger partial charge in [-0.1, -0.05) is 25.4 Å². The van der Waals surface area contributed by atoms with E-state index in [0.717, 1.165) is 0 Å². The van der Waals surface area contributed by atoms with E-state index in [2.05, 4.69) is 10.3 Å². The summed E-state index contributed by atoms with van der Waals surface area (Å²) in [7, 11) is 0. The second-order valence-electron chi connectivity index (χ2n) is 4.59. The fourth-order valence-electron chi connectivity index (χ4n) is 1.74. The standard InChI is InChI=1S/C12H16ClN3O4/c1-7(2)9(4-6-17)15-12(18)8-3-5-14-11(13)10(8)16(19)20/h3,5,7,9,17H,4,6H2,1-2H3,(H,15,18). The topological polar surface area (TPSA) is 105 Å². The number of carbonyl (C=O) groups excluding carboxylic acids is 1. The van der Waals surface area contributed by atoms with Crippen LogP contribution in [0.3, 0.4) is 0 Å². The molecule has 110 valence electrons. The first-order valence-corrected chi connectivity index (χ1v) is 6.46. The molecule has 0 saturated carbocycles. The third-order valence-electron chi connectivity index (χ3n) is 2.87. The van der Waals surface area contributed by atoms with E-state index in [1.54, 1.807) is 0 Å². The molecule has 1 heterocycles. The van der Waals surface area contributed by atoms with E-state index >= 15 is 0 Å². The lowest BCUT2D eigenvalue weighted by molar-refractivity contribution is -0.385. The summed E-state index contributed by atoms with van der Waals surface area (Å²) in [5.74, 6) is -0.518. The molecular weight excluding hydrogens is 286 g/mol. The smallest absolute Gasteiger partial charge is 0.319 e. The van der Waals surface area contributed by atoms with Crippen molar-refractivity contribution in [2.75, 3.05) is 6.61 Å². The summed E-state index contributed by atoms with van der Waals surface area (Å²) in [6, 6.07) is 0.967. The number of aliphatic hydroxyl groups excluding tert-OH is 1. The molecule has 20 heavy (non-hydrogen) atoms. The fourth-order valence-corrected chi connectivity index (χ4v) is 1.97. The van der Waals surface area contributed by atoms with Crippen LogP contribution in [0.5, 0.6) is 0 Å². The lowest BCUT2D eigenvalue weighted by atomic mass is 10.0. The van der Waals surface area contributed by atoms with Gasteiger partial charge in [0.25, 0.3) is 5.91 Å². The molecule has 1 amide bonds. The Hall–Kier alpha value is -1.73. The van der Waals surface area contributed by atoms with E-state index in [1.165, 1.54) is 12.3 Å². The molecule has 8 heteroatoms. The van der Waals surface area contributed by atoms with Crippen LogP contribution < -0.4 is 5.32 Å². The van der Waals surface area contributed by atoms with Gasteiger partial charge in [0.2, 0.25) is 5.15 Å². The molecule has 0 radical (unpaired) electrons. The second-order valence-corrected chi connectivity index (χ2v) is 4.95. The average Bonchev–Trinajstić information content (AvgIpc) is 2.37. The largest absolute Gasteiger partial charge is 0.396 e. The highest BCUT2D eigenvalue weighted by Gasteiger charge is 2.26. The average molecular weight is 302 g/mol. The Morgan fingerprint density at radius 2 is 2.25 bits per heavy atom. The Kier molecular flexibility index (Phi) is 5.84. The molecule has 0 aliphatic rings. The SMILES string of the molecule is CC(C)C(CCO)NC(=O)c1ccnc(Cl)c1[N+](=O)[O-]. The van der Waals surface area contributed by atoms with Gasteiger partial charge in [0.05, 0.1) is 4.92 Å². The quantitative estimate of drug-likeness (QED) is 0.473. The van der Waals surface area contributed by atoms with Crippen molar-refractivity contribution in [2.24, 2.45) is 5.92 Å².